The number of carboxylic acid groups (broad SMARTS) is 1. The van der Waals surface area contributed by atoms with Crippen LogP contribution in [0.25, 0.3) is 5.57 Å². The van der Waals surface area contributed by atoms with E-state index in [-0.39, 0.29) is 0 Å². The number of benzene rings is 2. The molecule has 3 heteroatoms. The first-order valence-corrected chi connectivity index (χ1v) is 11.6. The zero-order chi connectivity index (χ0) is 22.4. The number of carboxylic acids is 1. The fourth-order valence-corrected chi connectivity index (χ4v) is 4.77. The zero-order valence-electron chi connectivity index (χ0n) is 19.5. The van der Waals surface area contributed by atoms with Gasteiger partial charge in [0.15, 0.2) is 0 Å². The van der Waals surface area contributed by atoms with Gasteiger partial charge in [0.2, 0.25) is 0 Å². The van der Waals surface area contributed by atoms with E-state index in [1.54, 1.807) is 0 Å². The number of rotatable bonds is 9. The number of allylic oxidation sites excluding steroid dienone is 1. The summed E-state index contributed by atoms with van der Waals surface area (Å²) >= 11 is 0. The molecule has 31 heavy (non-hydrogen) atoms. The van der Waals surface area contributed by atoms with Gasteiger partial charge in [0.05, 0.1) is 5.92 Å². The first kappa shape index (κ1) is 23.3. The van der Waals surface area contributed by atoms with Gasteiger partial charge >= 0.3 is 5.97 Å². The number of likely N-dealkylation sites (N-methyl/N-ethyl adjacent to an activating group) is 1. The SMILES string of the molecule is CC(C)Cc1ccc(C(Cc2ccccc2C2=C(CN(C)C)CCCC2)C(=O)O)cc1. The van der Waals surface area contributed by atoms with E-state index in [9.17, 15) is 9.90 Å². The highest BCUT2D eigenvalue weighted by molar-refractivity contribution is 5.78. The van der Waals surface area contributed by atoms with Crippen LogP contribution >= 0.6 is 0 Å². The highest BCUT2D eigenvalue weighted by Gasteiger charge is 2.24. The van der Waals surface area contributed by atoms with Crippen molar-refractivity contribution < 1.29 is 9.90 Å². The lowest BCUT2D eigenvalue weighted by Crippen LogP contribution is -2.19. The highest BCUT2D eigenvalue weighted by Crippen LogP contribution is 2.36. The van der Waals surface area contributed by atoms with Crippen LogP contribution in [0.15, 0.2) is 54.1 Å². The minimum atomic E-state index is -0.752. The third kappa shape index (κ3) is 6.30. The van der Waals surface area contributed by atoms with Crippen molar-refractivity contribution in [2.45, 2.75) is 58.3 Å². The molecular formula is C28H37NO2. The molecule has 2 aromatic rings. The number of aliphatic carboxylic acids is 1. The Morgan fingerprint density at radius 3 is 2.29 bits per heavy atom. The topological polar surface area (TPSA) is 40.5 Å². The maximum atomic E-state index is 12.2. The van der Waals surface area contributed by atoms with E-state index in [1.165, 1.54) is 35.1 Å². The molecule has 1 N–H and O–H groups in total. The molecule has 3 rings (SSSR count). The van der Waals surface area contributed by atoms with Gasteiger partial charge in [-0.15, -0.1) is 0 Å². The first-order chi connectivity index (χ1) is 14.8. The van der Waals surface area contributed by atoms with E-state index in [1.807, 2.05) is 18.2 Å². The molecule has 0 radical (unpaired) electrons. The number of hydrogen-bond acceptors (Lipinski definition) is 2. The summed E-state index contributed by atoms with van der Waals surface area (Å²) in [5.74, 6) is -0.693. The van der Waals surface area contributed by atoms with Crippen LogP contribution in [-0.2, 0) is 17.6 Å². The minimum absolute atomic E-state index is 0.522. The maximum Gasteiger partial charge on any atom is 0.311 e. The van der Waals surface area contributed by atoms with Crippen LogP contribution in [0.4, 0.5) is 0 Å². The molecule has 0 amide bonds. The smallest absolute Gasteiger partial charge is 0.311 e. The Bertz CT molecular complexity index is 909. The molecule has 0 saturated heterocycles. The average molecular weight is 420 g/mol. The second-order valence-electron chi connectivity index (χ2n) is 9.62. The zero-order valence-corrected chi connectivity index (χ0v) is 19.5. The Balaban J connectivity index is 1.92. The van der Waals surface area contributed by atoms with Gasteiger partial charge in [-0.2, -0.15) is 0 Å². The molecule has 1 unspecified atom stereocenters. The Morgan fingerprint density at radius 1 is 0.968 bits per heavy atom. The number of nitrogens with zero attached hydrogens (tertiary/aromatic N) is 1. The van der Waals surface area contributed by atoms with E-state index >= 15 is 0 Å². The summed E-state index contributed by atoms with van der Waals surface area (Å²) in [6.45, 7) is 5.38. The normalized spacial score (nSPS) is 15.5. The van der Waals surface area contributed by atoms with Crippen molar-refractivity contribution in [1.29, 1.82) is 0 Å². The van der Waals surface area contributed by atoms with Gasteiger partial charge in [-0.1, -0.05) is 68.0 Å². The van der Waals surface area contributed by atoms with Crippen molar-refractivity contribution in [2.75, 3.05) is 20.6 Å². The standard InChI is InChI=1S/C28H37NO2/c1-20(2)17-21-13-15-22(16-14-21)27(28(30)31)18-23-9-5-7-11-25(23)26-12-8-6-10-24(26)19-29(3)4/h5,7,9,11,13-16,20,27H,6,8,10,12,17-19H2,1-4H3,(H,30,31). The van der Waals surface area contributed by atoms with Gasteiger partial charge < -0.3 is 10.0 Å². The van der Waals surface area contributed by atoms with Crippen molar-refractivity contribution in [1.82, 2.24) is 4.90 Å². The molecule has 0 saturated carbocycles. The van der Waals surface area contributed by atoms with Crippen LogP contribution in [-0.4, -0.2) is 36.6 Å². The molecule has 0 bridgehead atoms. The van der Waals surface area contributed by atoms with E-state index in [0.717, 1.165) is 36.9 Å². The van der Waals surface area contributed by atoms with Crippen molar-refractivity contribution >= 4 is 11.5 Å². The van der Waals surface area contributed by atoms with Crippen molar-refractivity contribution in [2.24, 2.45) is 5.92 Å². The first-order valence-electron chi connectivity index (χ1n) is 11.6. The molecular weight excluding hydrogens is 382 g/mol. The second kappa shape index (κ2) is 10.8. The molecule has 0 aromatic heterocycles. The molecule has 166 valence electrons. The summed E-state index contributed by atoms with van der Waals surface area (Å²) in [7, 11) is 4.24. The molecule has 0 heterocycles. The summed E-state index contributed by atoms with van der Waals surface area (Å²) in [6, 6.07) is 16.6. The van der Waals surface area contributed by atoms with Crippen LogP contribution < -0.4 is 0 Å². The molecule has 1 atom stereocenters. The highest BCUT2D eigenvalue weighted by atomic mass is 16.4. The number of hydrogen-bond donors (Lipinski definition) is 1. The van der Waals surface area contributed by atoms with Gasteiger partial charge in [-0.05, 0) is 86.4 Å². The van der Waals surface area contributed by atoms with Crippen molar-refractivity contribution in [3.8, 4) is 0 Å². The molecule has 0 spiro atoms. The predicted octanol–water partition coefficient (Wildman–Crippen LogP) is 6.19. The maximum absolute atomic E-state index is 12.2. The monoisotopic (exact) mass is 419 g/mol. The summed E-state index contributed by atoms with van der Waals surface area (Å²) in [4.78, 5) is 14.5. The van der Waals surface area contributed by atoms with Crippen molar-refractivity contribution in [3.63, 3.8) is 0 Å². The van der Waals surface area contributed by atoms with Crippen LogP contribution in [0.1, 0.15) is 67.7 Å². The van der Waals surface area contributed by atoms with Gasteiger partial charge in [0.25, 0.3) is 0 Å². The Hall–Kier alpha value is -2.39. The van der Waals surface area contributed by atoms with E-state index < -0.39 is 11.9 Å². The van der Waals surface area contributed by atoms with Crippen LogP contribution in [0.2, 0.25) is 0 Å². The summed E-state index contributed by atoms with van der Waals surface area (Å²) in [5.41, 5.74) is 7.50. The third-order valence-electron chi connectivity index (χ3n) is 6.18. The number of carbonyl (C=O) groups is 1. The molecule has 1 aliphatic rings. The molecule has 0 aliphatic heterocycles. The van der Waals surface area contributed by atoms with Crippen LogP contribution in [0.5, 0.6) is 0 Å². The lowest BCUT2D eigenvalue weighted by Gasteiger charge is -2.25. The van der Waals surface area contributed by atoms with E-state index in [2.05, 4.69) is 63.2 Å². The van der Waals surface area contributed by atoms with E-state index in [0.29, 0.717) is 12.3 Å². The van der Waals surface area contributed by atoms with Gasteiger partial charge in [-0.3, -0.25) is 4.79 Å². The fraction of sp³-hybridized carbons (Fsp3) is 0.464. The molecule has 3 nitrogen and oxygen atoms in total. The van der Waals surface area contributed by atoms with Gasteiger partial charge in [0.1, 0.15) is 0 Å². The summed E-state index contributed by atoms with van der Waals surface area (Å²) in [5, 5.41) is 10.1. The molecule has 1 aliphatic carbocycles. The second-order valence-corrected chi connectivity index (χ2v) is 9.62. The quantitative estimate of drug-likeness (QED) is 0.527. The van der Waals surface area contributed by atoms with Gasteiger partial charge in [-0.25, -0.2) is 0 Å². The van der Waals surface area contributed by atoms with Crippen LogP contribution in [0, 0.1) is 5.92 Å². The average Bonchev–Trinajstić information content (AvgIpc) is 2.72. The lowest BCUT2D eigenvalue weighted by atomic mass is 9.82. The Morgan fingerprint density at radius 2 is 1.65 bits per heavy atom. The van der Waals surface area contributed by atoms with Gasteiger partial charge in [0, 0.05) is 6.54 Å². The fourth-order valence-electron chi connectivity index (χ4n) is 4.77. The minimum Gasteiger partial charge on any atom is -0.481 e. The Kier molecular flexibility index (Phi) is 8.09. The largest absolute Gasteiger partial charge is 0.481 e. The lowest BCUT2D eigenvalue weighted by molar-refractivity contribution is -0.138. The molecule has 0 fully saturated rings. The summed E-state index contributed by atoms with van der Waals surface area (Å²) in [6.07, 6.45) is 6.22. The van der Waals surface area contributed by atoms with E-state index in [4.69, 9.17) is 0 Å². The molecule has 2 aromatic carbocycles. The van der Waals surface area contributed by atoms with Crippen molar-refractivity contribution in [3.05, 3.63) is 76.4 Å². The van der Waals surface area contributed by atoms with Crippen LogP contribution in [0.3, 0.4) is 0 Å². The predicted molar refractivity (Wildman–Crippen MR) is 129 cm³/mol. The third-order valence-corrected chi connectivity index (χ3v) is 6.18. The summed E-state index contributed by atoms with van der Waals surface area (Å²) < 4.78 is 0. The Labute approximate surface area is 187 Å².